The molecule has 1 aromatic heterocycles. The summed E-state index contributed by atoms with van der Waals surface area (Å²) in [5.41, 5.74) is 1.22. The fourth-order valence-corrected chi connectivity index (χ4v) is 3.30. The molecule has 0 aliphatic carbocycles. The number of methoxy groups -OCH3 is 1. The first-order valence-electron chi connectivity index (χ1n) is 6.16. The van der Waals surface area contributed by atoms with Gasteiger partial charge in [-0.15, -0.1) is 11.3 Å². The van der Waals surface area contributed by atoms with Crippen LogP contribution in [0.3, 0.4) is 0 Å². The summed E-state index contributed by atoms with van der Waals surface area (Å²) in [6.45, 7) is 1.65. The standard InChI is InChI=1S/C15H11BrN2O3S/c1-8-11(7-17)14(22-12(8)15(20)21-2)18-13(19)9-4-3-5-10(16)6-9/h3-6H,1-2H3,(H,18,19). The molecule has 7 heteroatoms. The van der Waals surface area contributed by atoms with Gasteiger partial charge in [-0.1, -0.05) is 22.0 Å². The molecular weight excluding hydrogens is 368 g/mol. The Kier molecular flexibility index (Phi) is 4.96. The second kappa shape index (κ2) is 6.73. The maximum Gasteiger partial charge on any atom is 0.348 e. The number of carbonyl (C=O) groups excluding carboxylic acids is 2. The van der Waals surface area contributed by atoms with Gasteiger partial charge in [0.05, 0.1) is 12.7 Å². The third kappa shape index (κ3) is 3.18. The number of halogens is 1. The van der Waals surface area contributed by atoms with Crippen molar-refractivity contribution in [2.75, 3.05) is 12.4 Å². The number of thiophene rings is 1. The molecule has 0 spiro atoms. The van der Waals surface area contributed by atoms with Gasteiger partial charge in [-0.05, 0) is 30.7 Å². The average Bonchev–Trinajstić information content (AvgIpc) is 2.82. The predicted molar refractivity (Wildman–Crippen MR) is 87.2 cm³/mol. The van der Waals surface area contributed by atoms with E-state index in [1.54, 1.807) is 25.1 Å². The van der Waals surface area contributed by atoms with Crippen molar-refractivity contribution in [3.05, 3.63) is 50.3 Å². The molecule has 0 radical (unpaired) electrons. The molecule has 1 aromatic carbocycles. The van der Waals surface area contributed by atoms with Gasteiger partial charge in [-0.3, -0.25) is 4.79 Å². The van der Waals surface area contributed by atoms with Gasteiger partial charge in [0.15, 0.2) is 0 Å². The summed E-state index contributed by atoms with van der Waals surface area (Å²) in [5, 5.41) is 12.3. The Morgan fingerprint density at radius 2 is 2.14 bits per heavy atom. The number of anilines is 1. The molecule has 112 valence electrons. The number of nitriles is 1. The number of hydrogen-bond donors (Lipinski definition) is 1. The van der Waals surface area contributed by atoms with Crippen molar-refractivity contribution in [2.45, 2.75) is 6.92 Å². The third-order valence-corrected chi connectivity index (χ3v) is 4.62. The van der Waals surface area contributed by atoms with Crippen LogP contribution in [0, 0.1) is 18.3 Å². The van der Waals surface area contributed by atoms with E-state index in [-0.39, 0.29) is 11.5 Å². The summed E-state index contributed by atoms with van der Waals surface area (Å²) >= 11 is 4.33. The quantitative estimate of drug-likeness (QED) is 0.825. The molecule has 2 rings (SSSR count). The zero-order valence-electron chi connectivity index (χ0n) is 11.8. The van der Waals surface area contributed by atoms with E-state index in [0.29, 0.717) is 21.0 Å². The predicted octanol–water partition coefficient (Wildman–Crippen LogP) is 3.73. The molecule has 0 atom stereocenters. The van der Waals surface area contributed by atoms with E-state index in [0.717, 1.165) is 15.8 Å². The van der Waals surface area contributed by atoms with Crippen LogP contribution in [0.5, 0.6) is 0 Å². The van der Waals surface area contributed by atoms with E-state index in [1.807, 2.05) is 12.1 Å². The minimum atomic E-state index is -0.526. The zero-order chi connectivity index (χ0) is 16.3. The fraction of sp³-hybridized carbons (Fsp3) is 0.133. The molecule has 0 saturated carbocycles. The van der Waals surface area contributed by atoms with E-state index >= 15 is 0 Å². The van der Waals surface area contributed by atoms with Gasteiger partial charge in [0.1, 0.15) is 15.9 Å². The molecule has 2 aromatic rings. The van der Waals surface area contributed by atoms with Gasteiger partial charge in [0.2, 0.25) is 0 Å². The number of rotatable bonds is 3. The topological polar surface area (TPSA) is 79.2 Å². The molecule has 0 aliphatic rings. The van der Waals surface area contributed by atoms with Gasteiger partial charge in [-0.25, -0.2) is 4.79 Å². The molecule has 0 bridgehead atoms. The van der Waals surface area contributed by atoms with Gasteiger partial charge >= 0.3 is 5.97 Å². The summed E-state index contributed by atoms with van der Waals surface area (Å²) in [6, 6.07) is 8.89. The molecule has 1 heterocycles. The highest BCUT2D eigenvalue weighted by atomic mass is 79.9. The molecule has 0 fully saturated rings. The smallest absolute Gasteiger partial charge is 0.348 e. The molecule has 5 nitrogen and oxygen atoms in total. The van der Waals surface area contributed by atoms with E-state index in [1.165, 1.54) is 7.11 Å². The van der Waals surface area contributed by atoms with Crippen LogP contribution in [0.15, 0.2) is 28.7 Å². The lowest BCUT2D eigenvalue weighted by Gasteiger charge is -2.03. The minimum absolute atomic E-state index is 0.272. The monoisotopic (exact) mass is 378 g/mol. The SMILES string of the molecule is COC(=O)c1sc(NC(=O)c2cccc(Br)c2)c(C#N)c1C. The summed E-state index contributed by atoms with van der Waals surface area (Å²) in [4.78, 5) is 24.2. The normalized spacial score (nSPS) is 9.91. The summed E-state index contributed by atoms with van der Waals surface area (Å²) in [7, 11) is 1.27. The van der Waals surface area contributed by atoms with Crippen LogP contribution >= 0.6 is 27.3 Å². The molecule has 22 heavy (non-hydrogen) atoms. The van der Waals surface area contributed by atoms with Gasteiger partial charge in [-0.2, -0.15) is 5.26 Å². The van der Waals surface area contributed by atoms with Crippen molar-refractivity contribution in [1.29, 1.82) is 5.26 Å². The number of amides is 1. The van der Waals surface area contributed by atoms with Crippen LogP contribution in [-0.4, -0.2) is 19.0 Å². The van der Waals surface area contributed by atoms with Crippen molar-refractivity contribution in [2.24, 2.45) is 0 Å². The Morgan fingerprint density at radius 3 is 2.73 bits per heavy atom. The molecule has 1 N–H and O–H groups in total. The summed E-state index contributed by atoms with van der Waals surface area (Å²) in [6.07, 6.45) is 0. The van der Waals surface area contributed by atoms with Crippen LogP contribution < -0.4 is 5.32 Å². The number of nitrogens with one attached hydrogen (secondary N) is 1. The fourth-order valence-electron chi connectivity index (χ4n) is 1.83. The first kappa shape index (κ1) is 16.2. The zero-order valence-corrected chi connectivity index (χ0v) is 14.2. The summed E-state index contributed by atoms with van der Waals surface area (Å²) < 4.78 is 5.45. The van der Waals surface area contributed by atoms with Crippen LogP contribution in [0.2, 0.25) is 0 Å². The van der Waals surface area contributed by atoms with Crippen LogP contribution in [0.4, 0.5) is 5.00 Å². The molecular formula is C15H11BrN2O3S. The highest BCUT2D eigenvalue weighted by molar-refractivity contribution is 9.10. The van der Waals surface area contributed by atoms with E-state index < -0.39 is 5.97 Å². The van der Waals surface area contributed by atoms with E-state index in [9.17, 15) is 14.9 Å². The third-order valence-electron chi connectivity index (χ3n) is 2.94. The lowest BCUT2D eigenvalue weighted by molar-refractivity contribution is 0.0605. The lowest BCUT2D eigenvalue weighted by atomic mass is 10.1. The maximum absolute atomic E-state index is 12.2. The van der Waals surface area contributed by atoms with E-state index in [4.69, 9.17) is 0 Å². The van der Waals surface area contributed by atoms with Gasteiger partial charge in [0.25, 0.3) is 5.91 Å². The van der Waals surface area contributed by atoms with Gasteiger partial charge in [0, 0.05) is 10.0 Å². The first-order chi connectivity index (χ1) is 10.5. The second-order valence-corrected chi connectivity index (χ2v) is 6.26. The Hall–Kier alpha value is -2.17. The first-order valence-corrected chi connectivity index (χ1v) is 7.77. The molecule has 1 amide bonds. The largest absolute Gasteiger partial charge is 0.465 e. The Labute approximate surface area is 139 Å². The number of hydrogen-bond acceptors (Lipinski definition) is 5. The number of nitrogens with zero attached hydrogens (tertiary/aromatic N) is 1. The number of esters is 1. The minimum Gasteiger partial charge on any atom is -0.465 e. The van der Waals surface area contributed by atoms with Crippen molar-refractivity contribution >= 4 is 44.1 Å². The molecule has 0 saturated heterocycles. The second-order valence-electron chi connectivity index (χ2n) is 4.33. The highest BCUT2D eigenvalue weighted by Crippen LogP contribution is 2.33. The van der Waals surface area contributed by atoms with E-state index in [2.05, 4.69) is 26.0 Å². The summed E-state index contributed by atoms with van der Waals surface area (Å²) in [5.74, 6) is -0.877. The van der Waals surface area contributed by atoms with Crippen LogP contribution in [0.1, 0.15) is 31.2 Å². The average molecular weight is 379 g/mol. The van der Waals surface area contributed by atoms with Crippen LogP contribution in [-0.2, 0) is 4.74 Å². The molecule has 0 unspecified atom stereocenters. The number of ether oxygens (including phenoxy) is 1. The highest BCUT2D eigenvalue weighted by Gasteiger charge is 2.22. The van der Waals surface area contributed by atoms with Crippen molar-refractivity contribution in [1.82, 2.24) is 0 Å². The Balaban J connectivity index is 2.36. The van der Waals surface area contributed by atoms with Crippen molar-refractivity contribution in [3.8, 4) is 6.07 Å². The Morgan fingerprint density at radius 1 is 1.41 bits per heavy atom. The number of benzene rings is 1. The maximum atomic E-state index is 12.2. The van der Waals surface area contributed by atoms with Crippen molar-refractivity contribution in [3.63, 3.8) is 0 Å². The van der Waals surface area contributed by atoms with Crippen molar-refractivity contribution < 1.29 is 14.3 Å². The van der Waals surface area contributed by atoms with Crippen LogP contribution in [0.25, 0.3) is 0 Å². The molecule has 0 aliphatic heterocycles. The lowest BCUT2D eigenvalue weighted by Crippen LogP contribution is -2.11. The number of carbonyl (C=O) groups is 2. The Bertz CT molecular complexity index is 793. The van der Waals surface area contributed by atoms with Gasteiger partial charge < -0.3 is 10.1 Å².